The highest BCUT2D eigenvalue weighted by molar-refractivity contribution is 6.22. The predicted octanol–water partition coefficient (Wildman–Crippen LogP) is 14.9. The van der Waals surface area contributed by atoms with E-state index in [1.54, 1.807) is 0 Å². The van der Waals surface area contributed by atoms with Gasteiger partial charge in [0.25, 0.3) is 0 Å². The molecule has 0 aliphatic carbocycles. The molecule has 9 aromatic carbocycles. The fraction of sp³-hybridized carbons (Fsp3) is 0. The quantitative estimate of drug-likeness (QED) is 0.166. The average molecular weight is 690 g/mol. The third-order valence-electron chi connectivity index (χ3n) is 10.5. The number of furan rings is 1. The molecule has 1 aromatic heterocycles. The van der Waals surface area contributed by atoms with Gasteiger partial charge in [-0.05, 0) is 92.2 Å². The number of anilines is 3. The zero-order chi connectivity index (χ0) is 35.8. The number of fused-ring (bicyclic) bond motifs is 5. The van der Waals surface area contributed by atoms with Crippen molar-refractivity contribution in [2.24, 2.45) is 0 Å². The Morgan fingerprint density at radius 2 is 0.722 bits per heavy atom. The summed E-state index contributed by atoms with van der Waals surface area (Å²) in [5, 5.41) is 4.67. The van der Waals surface area contributed by atoms with Crippen molar-refractivity contribution in [2.45, 2.75) is 0 Å². The number of rotatable bonds is 7. The molecule has 0 fully saturated rings. The molecular weight excluding hydrogens is 655 g/mol. The Bertz CT molecular complexity index is 2890. The van der Waals surface area contributed by atoms with E-state index in [9.17, 15) is 0 Å². The smallest absolute Gasteiger partial charge is 0.136 e. The van der Waals surface area contributed by atoms with Crippen molar-refractivity contribution < 1.29 is 4.42 Å². The maximum atomic E-state index is 6.52. The van der Waals surface area contributed by atoms with Gasteiger partial charge in [0, 0.05) is 27.7 Å². The summed E-state index contributed by atoms with van der Waals surface area (Å²) in [4.78, 5) is 2.38. The monoisotopic (exact) mass is 689 g/mol. The van der Waals surface area contributed by atoms with E-state index in [0.717, 1.165) is 50.1 Å². The second kappa shape index (κ2) is 13.4. The third-order valence-corrected chi connectivity index (χ3v) is 10.5. The SMILES string of the molecule is c1ccc(-c2ccc(-c3ccc(N(c4ccc(-c5ccccc5)cc4)c4ccccc4-c4cc5oc6ccccc6c5c5ccccc45)cc3)cc2)cc1. The second-order valence-electron chi connectivity index (χ2n) is 13.7. The van der Waals surface area contributed by atoms with Crippen LogP contribution in [0.4, 0.5) is 17.1 Å². The Morgan fingerprint density at radius 3 is 1.30 bits per heavy atom. The highest BCUT2D eigenvalue weighted by Crippen LogP contribution is 2.46. The summed E-state index contributed by atoms with van der Waals surface area (Å²) in [7, 11) is 0. The molecule has 0 saturated carbocycles. The van der Waals surface area contributed by atoms with E-state index >= 15 is 0 Å². The second-order valence-corrected chi connectivity index (χ2v) is 13.7. The van der Waals surface area contributed by atoms with Crippen LogP contribution >= 0.6 is 0 Å². The summed E-state index contributed by atoms with van der Waals surface area (Å²) in [6.45, 7) is 0. The molecule has 0 aliphatic rings. The van der Waals surface area contributed by atoms with E-state index in [1.807, 2.05) is 6.07 Å². The van der Waals surface area contributed by atoms with Crippen LogP contribution in [-0.4, -0.2) is 0 Å². The van der Waals surface area contributed by atoms with Gasteiger partial charge in [0.2, 0.25) is 0 Å². The van der Waals surface area contributed by atoms with Crippen LogP contribution in [-0.2, 0) is 0 Å². The molecule has 0 atom stereocenters. The largest absolute Gasteiger partial charge is 0.456 e. The fourth-order valence-corrected chi connectivity index (χ4v) is 7.86. The van der Waals surface area contributed by atoms with Gasteiger partial charge in [-0.25, -0.2) is 0 Å². The van der Waals surface area contributed by atoms with Crippen molar-refractivity contribution in [3.8, 4) is 44.5 Å². The molecular formula is C52H35NO. The van der Waals surface area contributed by atoms with Gasteiger partial charge < -0.3 is 9.32 Å². The molecule has 54 heavy (non-hydrogen) atoms. The van der Waals surface area contributed by atoms with Crippen LogP contribution in [0.15, 0.2) is 217 Å². The number of hydrogen-bond acceptors (Lipinski definition) is 2. The first-order valence-corrected chi connectivity index (χ1v) is 18.4. The van der Waals surface area contributed by atoms with Gasteiger partial charge in [0.05, 0.1) is 5.69 Å². The van der Waals surface area contributed by atoms with Gasteiger partial charge in [0.15, 0.2) is 0 Å². The lowest BCUT2D eigenvalue weighted by atomic mass is 9.93. The molecule has 254 valence electrons. The van der Waals surface area contributed by atoms with E-state index in [-0.39, 0.29) is 0 Å². The molecule has 2 nitrogen and oxygen atoms in total. The number of para-hydroxylation sites is 2. The van der Waals surface area contributed by atoms with Crippen LogP contribution < -0.4 is 4.90 Å². The normalized spacial score (nSPS) is 11.3. The zero-order valence-electron chi connectivity index (χ0n) is 29.6. The molecule has 0 saturated heterocycles. The minimum absolute atomic E-state index is 0.890. The number of benzene rings is 9. The maximum absolute atomic E-state index is 6.52. The molecule has 10 rings (SSSR count). The van der Waals surface area contributed by atoms with Crippen molar-refractivity contribution in [3.63, 3.8) is 0 Å². The molecule has 1 heterocycles. The van der Waals surface area contributed by atoms with Crippen LogP contribution in [0.1, 0.15) is 0 Å². The fourth-order valence-electron chi connectivity index (χ4n) is 7.86. The van der Waals surface area contributed by atoms with Gasteiger partial charge in [-0.15, -0.1) is 0 Å². The van der Waals surface area contributed by atoms with Crippen LogP contribution in [0, 0.1) is 0 Å². The van der Waals surface area contributed by atoms with E-state index in [4.69, 9.17) is 4.42 Å². The van der Waals surface area contributed by atoms with Crippen molar-refractivity contribution in [2.75, 3.05) is 4.90 Å². The Hall–Kier alpha value is -7.16. The van der Waals surface area contributed by atoms with E-state index < -0.39 is 0 Å². The molecule has 0 spiro atoms. The number of nitrogens with zero attached hydrogens (tertiary/aromatic N) is 1. The van der Waals surface area contributed by atoms with Gasteiger partial charge in [0.1, 0.15) is 11.2 Å². The lowest BCUT2D eigenvalue weighted by molar-refractivity contribution is 0.669. The van der Waals surface area contributed by atoms with Crippen LogP contribution in [0.25, 0.3) is 77.2 Å². The predicted molar refractivity (Wildman–Crippen MR) is 228 cm³/mol. The molecule has 2 heteroatoms. The minimum atomic E-state index is 0.890. The highest BCUT2D eigenvalue weighted by atomic mass is 16.3. The molecule has 0 unspecified atom stereocenters. The molecule has 0 bridgehead atoms. The van der Waals surface area contributed by atoms with Gasteiger partial charge >= 0.3 is 0 Å². The summed E-state index contributed by atoms with van der Waals surface area (Å²) in [6, 6.07) is 75.8. The lowest BCUT2D eigenvalue weighted by Crippen LogP contribution is -2.11. The molecule has 0 amide bonds. The third kappa shape index (κ3) is 5.62. The lowest BCUT2D eigenvalue weighted by Gasteiger charge is -2.28. The first-order valence-electron chi connectivity index (χ1n) is 18.4. The zero-order valence-corrected chi connectivity index (χ0v) is 29.6. The van der Waals surface area contributed by atoms with Crippen molar-refractivity contribution in [1.29, 1.82) is 0 Å². The Morgan fingerprint density at radius 1 is 0.296 bits per heavy atom. The van der Waals surface area contributed by atoms with Gasteiger partial charge in [-0.2, -0.15) is 0 Å². The van der Waals surface area contributed by atoms with E-state index in [1.165, 1.54) is 44.2 Å². The summed E-state index contributed by atoms with van der Waals surface area (Å²) in [6.07, 6.45) is 0. The Kier molecular flexibility index (Phi) is 7.85. The summed E-state index contributed by atoms with van der Waals surface area (Å²) in [5.41, 5.74) is 14.5. The van der Waals surface area contributed by atoms with Crippen molar-refractivity contribution >= 4 is 49.8 Å². The summed E-state index contributed by atoms with van der Waals surface area (Å²) in [5.74, 6) is 0. The van der Waals surface area contributed by atoms with Gasteiger partial charge in [-0.3, -0.25) is 0 Å². The first kappa shape index (κ1) is 31.6. The number of hydrogen-bond donors (Lipinski definition) is 0. The Balaban J connectivity index is 1.12. The average Bonchev–Trinajstić information content (AvgIpc) is 3.64. The Labute approximate surface area is 314 Å². The van der Waals surface area contributed by atoms with Crippen LogP contribution in [0.2, 0.25) is 0 Å². The maximum Gasteiger partial charge on any atom is 0.136 e. The first-order chi connectivity index (χ1) is 26.8. The van der Waals surface area contributed by atoms with E-state index in [0.29, 0.717) is 0 Å². The standard InChI is InChI=1S/C52H35NO/c1-3-13-36(14-4-1)38-23-25-39(26-24-38)41-29-33-43(34-30-41)53(42-31-27-40(28-32-42)37-15-5-2-6-16-37)49-21-11-9-18-45(49)48-35-51-52(46-19-8-7-17-44(46)48)47-20-10-12-22-50(47)54-51/h1-35H. The van der Waals surface area contributed by atoms with Gasteiger partial charge in [-0.1, -0.05) is 170 Å². The van der Waals surface area contributed by atoms with Crippen molar-refractivity contribution in [1.82, 2.24) is 0 Å². The summed E-state index contributed by atoms with van der Waals surface area (Å²) >= 11 is 0. The van der Waals surface area contributed by atoms with Crippen molar-refractivity contribution in [3.05, 3.63) is 212 Å². The molecule has 0 radical (unpaired) electrons. The minimum Gasteiger partial charge on any atom is -0.456 e. The summed E-state index contributed by atoms with van der Waals surface area (Å²) < 4.78 is 6.52. The highest BCUT2D eigenvalue weighted by Gasteiger charge is 2.21. The molecule has 0 aliphatic heterocycles. The van der Waals surface area contributed by atoms with Crippen LogP contribution in [0.3, 0.4) is 0 Å². The molecule has 0 N–H and O–H groups in total. The van der Waals surface area contributed by atoms with E-state index in [2.05, 4.69) is 211 Å². The topological polar surface area (TPSA) is 16.4 Å². The van der Waals surface area contributed by atoms with Crippen LogP contribution in [0.5, 0.6) is 0 Å². The molecule has 10 aromatic rings.